The van der Waals surface area contributed by atoms with Gasteiger partial charge in [0, 0.05) is 19.1 Å². The van der Waals surface area contributed by atoms with Crippen molar-refractivity contribution in [2.24, 2.45) is 17.1 Å². The van der Waals surface area contributed by atoms with Gasteiger partial charge in [-0.2, -0.15) is 5.26 Å². The minimum atomic E-state index is 0.0661. The lowest BCUT2D eigenvalue weighted by Crippen LogP contribution is -2.48. The van der Waals surface area contributed by atoms with Gasteiger partial charge in [-0.15, -0.1) is 0 Å². The van der Waals surface area contributed by atoms with Crippen LogP contribution in [0.1, 0.15) is 27.7 Å². The van der Waals surface area contributed by atoms with Crippen LogP contribution in [0.25, 0.3) is 0 Å². The molecule has 0 aliphatic rings. The smallest absolute Gasteiger partial charge is 0.0666 e. The number of likely N-dealkylation sites (N-methyl/N-ethyl adjacent to an activating group) is 1. The van der Waals surface area contributed by atoms with Gasteiger partial charge in [-0.25, -0.2) is 0 Å². The van der Waals surface area contributed by atoms with Gasteiger partial charge in [0.2, 0.25) is 0 Å². The molecule has 14 heavy (non-hydrogen) atoms. The van der Waals surface area contributed by atoms with E-state index in [1.807, 2.05) is 14.0 Å². The Hall–Kier alpha value is -0.590. The Balaban J connectivity index is 4.34. The molecule has 0 aromatic carbocycles. The van der Waals surface area contributed by atoms with Crippen molar-refractivity contribution in [3.05, 3.63) is 0 Å². The minimum absolute atomic E-state index is 0.0661. The zero-order valence-electron chi connectivity index (χ0n) is 10.0. The molecule has 0 aliphatic heterocycles. The Morgan fingerprint density at radius 2 is 1.93 bits per heavy atom. The lowest BCUT2D eigenvalue weighted by molar-refractivity contribution is 0.124. The summed E-state index contributed by atoms with van der Waals surface area (Å²) < 4.78 is 0. The van der Waals surface area contributed by atoms with Gasteiger partial charge in [-0.3, -0.25) is 0 Å². The lowest BCUT2D eigenvalue weighted by Gasteiger charge is -2.37. The quantitative estimate of drug-likeness (QED) is 0.742. The van der Waals surface area contributed by atoms with Crippen LogP contribution in [0.3, 0.4) is 0 Å². The van der Waals surface area contributed by atoms with E-state index in [1.165, 1.54) is 0 Å². The van der Waals surface area contributed by atoms with Crippen LogP contribution >= 0.6 is 0 Å². The van der Waals surface area contributed by atoms with E-state index in [9.17, 15) is 0 Å². The Labute approximate surface area is 87.9 Å². The minimum Gasteiger partial charge on any atom is -0.329 e. The van der Waals surface area contributed by atoms with Crippen molar-refractivity contribution in [1.29, 1.82) is 5.26 Å². The first-order chi connectivity index (χ1) is 6.32. The summed E-state index contributed by atoms with van der Waals surface area (Å²) >= 11 is 0. The molecule has 2 unspecified atom stereocenters. The highest BCUT2D eigenvalue weighted by Gasteiger charge is 2.27. The second kappa shape index (κ2) is 5.33. The predicted molar refractivity (Wildman–Crippen MR) is 59.7 cm³/mol. The molecule has 0 radical (unpaired) electrons. The van der Waals surface area contributed by atoms with E-state index in [0.717, 1.165) is 6.54 Å². The number of nitriles is 1. The van der Waals surface area contributed by atoms with Crippen LogP contribution in [-0.2, 0) is 0 Å². The van der Waals surface area contributed by atoms with Crippen molar-refractivity contribution >= 4 is 0 Å². The molecule has 0 aliphatic carbocycles. The van der Waals surface area contributed by atoms with Gasteiger partial charge in [0.05, 0.1) is 12.0 Å². The fraction of sp³-hybridized carbons (Fsp3) is 0.909. The first-order valence-electron chi connectivity index (χ1n) is 5.12. The zero-order chi connectivity index (χ0) is 11.4. The molecule has 0 bridgehead atoms. The van der Waals surface area contributed by atoms with Gasteiger partial charge in [0.25, 0.3) is 0 Å². The molecule has 3 nitrogen and oxygen atoms in total. The molecule has 0 heterocycles. The van der Waals surface area contributed by atoms with E-state index in [2.05, 4.69) is 31.7 Å². The summed E-state index contributed by atoms with van der Waals surface area (Å²) in [6, 6.07) is 2.58. The molecule has 0 amide bonds. The van der Waals surface area contributed by atoms with Crippen molar-refractivity contribution in [3.63, 3.8) is 0 Å². The van der Waals surface area contributed by atoms with Gasteiger partial charge in [-0.05, 0) is 19.4 Å². The topological polar surface area (TPSA) is 53.0 Å². The molecule has 0 aromatic rings. The third-order valence-electron chi connectivity index (χ3n) is 2.54. The fourth-order valence-electron chi connectivity index (χ4n) is 1.79. The maximum absolute atomic E-state index is 8.73. The molecule has 0 aromatic heterocycles. The van der Waals surface area contributed by atoms with Crippen LogP contribution in [0, 0.1) is 22.7 Å². The van der Waals surface area contributed by atoms with Crippen LogP contribution in [-0.4, -0.2) is 31.1 Å². The van der Waals surface area contributed by atoms with E-state index in [0.29, 0.717) is 12.6 Å². The zero-order valence-corrected chi connectivity index (χ0v) is 10.0. The Kier molecular flexibility index (Phi) is 5.11. The number of hydrogen-bond donors (Lipinski definition) is 1. The Morgan fingerprint density at radius 3 is 2.21 bits per heavy atom. The Bertz CT molecular complexity index is 200. The number of rotatable bonds is 4. The highest BCUT2D eigenvalue weighted by atomic mass is 15.1. The van der Waals surface area contributed by atoms with Crippen LogP contribution in [0.15, 0.2) is 0 Å². The van der Waals surface area contributed by atoms with E-state index in [1.54, 1.807) is 0 Å². The van der Waals surface area contributed by atoms with E-state index in [4.69, 9.17) is 11.0 Å². The summed E-state index contributed by atoms with van der Waals surface area (Å²) in [4.78, 5) is 2.19. The molecule has 0 saturated carbocycles. The van der Waals surface area contributed by atoms with Crippen molar-refractivity contribution in [2.45, 2.75) is 33.7 Å². The Morgan fingerprint density at radius 1 is 1.43 bits per heavy atom. The molecule has 2 atom stereocenters. The monoisotopic (exact) mass is 197 g/mol. The van der Waals surface area contributed by atoms with Gasteiger partial charge in [0.1, 0.15) is 0 Å². The highest BCUT2D eigenvalue weighted by molar-refractivity contribution is 4.87. The molecule has 0 rings (SSSR count). The van der Waals surface area contributed by atoms with E-state index < -0.39 is 0 Å². The summed E-state index contributed by atoms with van der Waals surface area (Å²) in [6.07, 6.45) is 0. The van der Waals surface area contributed by atoms with Crippen molar-refractivity contribution < 1.29 is 0 Å². The summed E-state index contributed by atoms with van der Waals surface area (Å²) in [5.74, 6) is 0.0661. The average Bonchev–Trinajstić information content (AvgIpc) is 2.02. The van der Waals surface area contributed by atoms with Gasteiger partial charge in [-0.1, -0.05) is 20.8 Å². The molecule has 0 spiro atoms. The molecule has 0 saturated heterocycles. The second-order valence-corrected chi connectivity index (χ2v) is 5.09. The third kappa shape index (κ3) is 4.08. The van der Waals surface area contributed by atoms with Crippen molar-refractivity contribution in [2.75, 3.05) is 20.1 Å². The van der Waals surface area contributed by atoms with Crippen LogP contribution < -0.4 is 5.73 Å². The van der Waals surface area contributed by atoms with Gasteiger partial charge < -0.3 is 10.6 Å². The predicted octanol–water partition coefficient (Wildman–Crippen LogP) is 1.45. The molecule has 0 fully saturated rings. The third-order valence-corrected chi connectivity index (χ3v) is 2.54. The van der Waals surface area contributed by atoms with E-state index in [-0.39, 0.29) is 11.3 Å². The molecular formula is C11H23N3. The van der Waals surface area contributed by atoms with E-state index >= 15 is 0 Å². The van der Waals surface area contributed by atoms with Crippen molar-refractivity contribution in [3.8, 4) is 6.07 Å². The van der Waals surface area contributed by atoms with Gasteiger partial charge in [0.15, 0.2) is 0 Å². The average molecular weight is 197 g/mol. The standard InChI is InChI=1S/C11H23N3/c1-9(6-12)8-14(5)10(7-13)11(2,3)4/h9-10H,7-8,13H2,1-5H3. The molecular weight excluding hydrogens is 174 g/mol. The maximum Gasteiger partial charge on any atom is 0.0666 e. The highest BCUT2D eigenvalue weighted by Crippen LogP contribution is 2.23. The summed E-state index contributed by atoms with van der Waals surface area (Å²) in [7, 11) is 2.04. The lowest BCUT2D eigenvalue weighted by atomic mass is 9.85. The second-order valence-electron chi connectivity index (χ2n) is 5.09. The first-order valence-corrected chi connectivity index (χ1v) is 5.12. The van der Waals surface area contributed by atoms with Gasteiger partial charge >= 0.3 is 0 Å². The van der Waals surface area contributed by atoms with Crippen LogP contribution in [0.5, 0.6) is 0 Å². The number of hydrogen-bond acceptors (Lipinski definition) is 3. The maximum atomic E-state index is 8.73. The molecule has 82 valence electrons. The number of nitrogens with two attached hydrogens (primary N) is 1. The van der Waals surface area contributed by atoms with Crippen LogP contribution in [0.2, 0.25) is 0 Å². The molecule has 2 N–H and O–H groups in total. The first kappa shape index (κ1) is 13.4. The summed E-state index contributed by atoms with van der Waals surface area (Å²) in [5, 5.41) is 8.73. The number of nitrogens with zero attached hydrogens (tertiary/aromatic N) is 2. The van der Waals surface area contributed by atoms with Crippen LogP contribution in [0.4, 0.5) is 0 Å². The largest absolute Gasteiger partial charge is 0.329 e. The summed E-state index contributed by atoms with van der Waals surface area (Å²) in [5.41, 5.74) is 5.92. The normalized spacial score (nSPS) is 16.4. The SMILES string of the molecule is CC(C#N)CN(C)C(CN)C(C)(C)C. The fourth-order valence-corrected chi connectivity index (χ4v) is 1.79. The molecule has 3 heteroatoms. The van der Waals surface area contributed by atoms with Crippen molar-refractivity contribution in [1.82, 2.24) is 4.90 Å². The summed E-state index contributed by atoms with van der Waals surface area (Å²) in [6.45, 7) is 9.90.